The van der Waals surface area contributed by atoms with Crippen LogP contribution in [-0.2, 0) is 4.79 Å². The highest BCUT2D eigenvalue weighted by atomic mass is 19.1. The first-order chi connectivity index (χ1) is 7.58. The molecule has 0 N–H and O–H groups in total. The number of anilines is 1. The summed E-state index contributed by atoms with van der Waals surface area (Å²) in [6.45, 7) is 2.38. The Morgan fingerprint density at radius 2 is 2.12 bits per heavy atom. The molecule has 1 aromatic rings. The molecule has 1 unspecified atom stereocenters. The Morgan fingerprint density at radius 1 is 1.38 bits per heavy atom. The number of rotatable bonds is 1. The maximum atomic E-state index is 13.5. The maximum absolute atomic E-state index is 13.5. The number of benzene rings is 1. The van der Waals surface area contributed by atoms with Crippen molar-refractivity contribution in [2.75, 3.05) is 11.4 Å². The van der Waals surface area contributed by atoms with E-state index in [4.69, 9.17) is 0 Å². The second kappa shape index (κ2) is 4.20. The first-order valence-corrected chi connectivity index (χ1v) is 5.31. The van der Waals surface area contributed by atoms with Gasteiger partial charge in [0.25, 0.3) is 0 Å². The van der Waals surface area contributed by atoms with E-state index in [-0.39, 0.29) is 11.8 Å². The summed E-state index contributed by atoms with van der Waals surface area (Å²) in [6.07, 6.45) is 0.859. The number of hydrogen-bond donors (Lipinski definition) is 0. The third-order valence-corrected chi connectivity index (χ3v) is 2.91. The number of nitrogens with zero attached hydrogens (tertiary/aromatic N) is 1. The van der Waals surface area contributed by atoms with E-state index in [2.05, 4.69) is 0 Å². The van der Waals surface area contributed by atoms with Crippen LogP contribution in [0.1, 0.15) is 19.8 Å². The Morgan fingerprint density at radius 3 is 2.75 bits per heavy atom. The van der Waals surface area contributed by atoms with Gasteiger partial charge < -0.3 is 4.90 Å². The molecular weight excluding hydrogens is 212 g/mol. The predicted octanol–water partition coefficient (Wildman–Crippen LogP) is 2.52. The minimum atomic E-state index is -0.581. The highest BCUT2D eigenvalue weighted by molar-refractivity contribution is 5.81. The Labute approximate surface area is 92.9 Å². The van der Waals surface area contributed by atoms with Crippen molar-refractivity contribution in [1.29, 1.82) is 0 Å². The van der Waals surface area contributed by atoms with Crippen molar-refractivity contribution >= 4 is 11.5 Å². The Bertz CT molecular complexity index is 419. The lowest BCUT2D eigenvalue weighted by molar-refractivity contribution is -0.120. The lowest BCUT2D eigenvalue weighted by Crippen LogP contribution is -2.41. The summed E-state index contributed by atoms with van der Waals surface area (Å²) in [5, 5.41) is 0. The van der Waals surface area contributed by atoms with Gasteiger partial charge in [-0.1, -0.05) is 0 Å². The summed E-state index contributed by atoms with van der Waals surface area (Å²) in [5.74, 6) is -0.950. The SMILES string of the molecule is CC1CC(=O)CCN1c1ccc(F)cc1F. The van der Waals surface area contributed by atoms with Crippen molar-refractivity contribution < 1.29 is 13.6 Å². The zero-order valence-corrected chi connectivity index (χ0v) is 9.04. The van der Waals surface area contributed by atoms with Gasteiger partial charge in [0.15, 0.2) is 0 Å². The number of hydrogen-bond acceptors (Lipinski definition) is 2. The third-order valence-electron chi connectivity index (χ3n) is 2.91. The number of piperidine rings is 1. The molecule has 1 aromatic carbocycles. The monoisotopic (exact) mass is 225 g/mol. The van der Waals surface area contributed by atoms with Crippen LogP contribution in [0.3, 0.4) is 0 Å². The van der Waals surface area contributed by atoms with Crippen LogP contribution < -0.4 is 4.90 Å². The van der Waals surface area contributed by atoms with Crippen LogP contribution in [0.25, 0.3) is 0 Å². The van der Waals surface area contributed by atoms with Gasteiger partial charge in [0.1, 0.15) is 17.4 Å². The van der Waals surface area contributed by atoms with E-state index in [0.29, 0.717) is 25.1 Å². The van der Waals surface area contributed by atoms with Gasteiger partial charge >= 0.3 is 0 Å². The molecule has 1 heterocycles. The van der Waals surface area contributed by atoms with Crippen LogP contribution in [0, 0.1) is 11.6 Å². The van der Waals surface area contributed by atoms with Gasteiger partial charge in [-0.3, -0.25) is 4.79 Å². The van der Waals surface area contributed by atoms with Gasteiger partial charge in [-0.25, -0.2) is 8.78 Å². The minimum Gasteiger partial charge on any atom is -0.366 e. The highest BCUT2D eigenvalue weighted by Crippen LogP contribution is 2.26. The minimum absolute atomic E-state index is 0.0267. The first kappa shape index (κ1) is 11.0. The normalized spacial score (nSPS) is 21.3. The molecule has 0 radical (unpaired) electrons. The molecule has 86 valence electrons. The highest BCUT2D eigenvalue weighted by Gasteiger charge is 2.25. The van der Waals surface area contributed by atoms with Gasteiger partial charge in [-0.2, -0.15) is 0 Å². The van der Waals surface area contributed by atoms with Crippen molar-refractivity contribution in [3.8, 4) is 0 Å². The Balaban J connectivity index is 2.26. The second-order valence-electron chi connectivity index (χ2n) is 4.13. The van der Waals surface area contributed by atoms with Crippen molar-refractivity contribution in [2.45, 2.75) is 25.8 Å². The summed E-state index contributed by atoms with van der Waals surface area (Å²) in [4.78, 5) is 13.0. The van der Waals surface area contributed by atoms with Crippen LogP contribution in [0.2, 0.25) is 0 Å². The molecule has 0 amide bonds. The lowest BCUT2D eigenvalue weighted by Gasteiger charge is -2.34. The van der Waals surface area contributed by atoms with Gasteiger partial charge in [0.2, 0.25) is 0 Å². The van der Waals surface area contributed by atoms with Crippen molar-refractivity contribution in [3.63, 3.8) is 0 Å². The average Bonchev–Trinajstić information content (AvgIpc) is 2.19. The molecular formula is C12H13F2NO. The van der Waals surface area contributed by atoms with E-state index in [0.717, 1.165) is 6.07 Å². The maximum Gasteiger partial charge on any atom is 0.149 e. The summed E-state index contributed by atoms with van der Waals surface area (Å²) < 4.78 is 26.3. The zero-order valence-electron chi connectivity index (χ0n) is 9.04. The number of Topliss-reactive ketones (excluding diaryl/α,β-unsaturated/α-hetero) is 1. The number of ketones is 1. The second-order valence-corrected chi connectivity index (χ2v) is 4.13. The molecule has 1 aliphatic rings. The van der Waals surface area contributed by atoms with Gasteiger partial charge in [-0.15, -0.1) is 0 Å². The molecule has 0 spiro atoms. The van der Waals surface area contributed by atoms with Crippen LogP contribution >= 0.6 is 0 Å². The smallest absolute Gasteiger partial charge is 0.149 e. The van der Waals surface area contributed by atoms with Crippen LogP contribution in [0.15, 0.2) is 18.2 Å². The molecule has 0 saturated carbocycles. The van der Waals surface area contributed by atoms with Crippen molar-refractivity contribution in [3.05, 3.63) is 29.8 Å². The topological polar surface area (TPSA) is 20.3 Å². The molecule has 0 bridgehead atoms. The van der Waals surface area contributed by atoms with E-state index in [9.17, 15) is 13.6 Å². The number of carbonyl (C=O) groups excluding carboxylic acids is 1. The quantitative estimate of drug-likeness (QED) is 0.732. The molecule has 1 atom stereocenters. The molecule has 16 heavy (non-hydrogen) atoms. The lowest BCUT2D eigenvalue weighted by atomic mass is 10.0. The van der Waals surface area contributed by atoms with E-state index in [1.807, 2.05) is 11.8 Å². The van der Waals surface area contributed by atoms with E-state index >= 15 is 0 Å². The molecule has 0 aliphatic carbocycles. The first-order valence-electron chi connectivity index (χ1n) is 5.31. The van der Waals surface area contributed by atoms with Gasteiger partial charge in [0, 0.05) is 31.5 Å². The van der Waals surface area contributed by atoms with Crippen LogP contribution in [0.5, 0.6) is 0 Å². The van der Waals surface area contributed by atoms with Crippen LogP contribution in [0.4, 0.5) is 14.5 Å². The fourth-order valence-corrected chi connectivity index (χ4v) is 2.08. The molecule has 1 aliphatic heterocycles. The van der Waals surface area contributed by atoms with E-state index in [1.165, 1.54) is 12.1 Å². The zero-order chi connectivity index (χ0) is 11.7. The van der Waals surface area contributed by atoms with Crippen LogP contribution in [-0.4, -0.2) is 18.4 Å². The van der Waals surface area contributed by atoms with Crippen molar-refractivity contribution in [1.82, 2.24) is 0 Å². The summed E-state index contributed by atoms with van der Waals surface area (Å²) in [7, 11) is 0. The predicted molar refractivity (Wildman–Crippen MR) is 57.4 cm³/mol. The third kappa shape index (κ3) is 2.05. The van der Waals surface area contributed by atoms with Gasteiger partial charge in [-0.05, 0) is 19.1 Å². The fourth-order valence-electron chi connectivity index (χ4n) is 2.08. The summed E-state index contributed by atoms with van der Waals surface area (Å²) >= 11 is 0. The fraction of sp³-hybridized carbons (Fsp3) is 0.417. The summed E-state index contributed by atoms with van der Waals surface area (Å²) in [5.41, 5.74) is 0.376. The molecule has 1 fully saturated rings. The number of halogens is 2. The standard InChI is InChI=1S/C12H13F2NO/c1-8-6-10(16)4-5-15(8)12-3-2-9(13)7-11(12)14/h2-3,7-8H,4-6H2,1H3. The van der Waals surface area contributed by atoms with E-state index < -0.39 is 11.6 Å². The van der Waals surface area contributed by atoms with Crippen molar-refractivity contribution in [2.24, 2.45) is 0 Å². The van der Waals surface area contributed by atoms with E-state index in [1.54, 1.807) is 0 Å². The average molecular weight is 225 g/mol. The molecule has 2 rings (SSSR count). The largest absolute Gasteiger partial charge is 0.366 e. The molecule has 2 nitrogen and oxygen atoms in total. The van der Waals surface area contributed by atoms with Gasteiger partial charge in [0.05, 0.1) is 5.69 Å². The number of carbonyl (C=O) groups is 1. The Kier molecular flexibility index (Phi) is 2.90. The summed E-state index contributed by atoms with van der Waals surface area (Å²) in [6, 6.07) is 3.51. The molecule has 1 saturated heterocycles. The Hall–Kier alpha value is -1.45. The molecule has 4 heteroatoms. The molecule has 0 aromatic heterocycles.